The Bertz CT molecular complexity index is 744. The van der Waals surface area contributed by atoms with Gasteiger partial charge in [0, 0.05) is 6.61 Å². The fourth-order valence-electron chi connectivity index (χ4n) is 1.98. The summed E-state index contributed by atoms with van der Waals surface area (Å²) in [6, 6.07) is 15.0. The molecule has 1 atom stereocenters. The molecule has 0 amide bonds. The molecule has 3 N–H and O–H groups in total. The Hall–Kier alpha value is -2.78. The van der Waals surface area contributed by atoms with Crippen LogP contribution in [0.3, 0.4) is 0 Å². The van der Waals surface area contributed by atoms with Crippen LogP contribution in [0.2, 0.25) is 0 Å². The number of hydrogen-bond donors (Lipinski definition) is 3. The first-order valence-electron chi connectivity index (χ1n) is 7.67. The van der Waals surface area contributed by atoms with Gasteiger partial charge in [0.2, 0.25) is 0 Å². The fraction of sp³-hybridized carbons (Fsp3) is 0.222. The normalized spacial score (nSPS) is 13.5. The largest absolute Gasteiger partial charge is 0.422 e. The minimum Gasteiger partial charge on any atom is -0.422 e. The SMILES string of the molecule is CCOC(O)(C(=O)Oc1ccccc1)C(O)(O)C(=O)Oc1ccccc1. The van der Waals surface area contributed by atoms with Gasteiger partial charge in [0.1, 0.15) is 11.5 Å². The van der Waals surface area contributed by atoms with Gasteiger partial charge < -0.3 is 29.5 Å². The topological polar surface area (TPSA) is 123 Å². The van der Waals surface area contributed by atoms with Crippen molar-refractivity contribution in [2.24, 2.45) is 0 Å². The van der Waals surface area contributed by atoms with Crippen LogP contribution in [0.25, 0.3) is 0 Å². The van der Waals surface area contributed by atoms with Gasteiger partial charge in [-0.3, -0.25) is 0 Å². The van der Waals surface area contributed by atoms with E-state index in [2.05, 4.69) is 0 Å². The molecule has 0 aliphatic heterocycles. The zero-order chi connectivity index (χ0) is 19.2. The lowest BCUT2D eigenvalue weighted by atomic mass is 10.1. The fourth-order valence-corrected chi connectivity index (χ4v) is 1.98. The Morgan fingerprint density at radius 1 is 0.808 bits per heavy atom. The van der Waals surface area contributed by atoms with Gasteiger partial charge in [-0.15, -0.1) is 0 Å². The second-order valence-electron chi connectivity index (χ2n) is 5.15. The predicted molar refractivity (Wildman–Crippen MR) is 87.9 cm³/mol. The highest BCUT2D eigenvalue weighted by molar-refractivity contribution is 5.91. The number of carbonyl (C=O) groups excluding carboxylic acids is 2. The van der Waals surface area contributed by atoms with E-state index in [1.165, 1.54) is 43.3 Å². The maximum atomic E-state index is 12.3. The summed E-state index contributed by atoms with van der Waals surface area (Å²) in [4.78, 5) is 24.4. The van der Waals surface area contributed by atoms with E-state index in [1.54, 1.807) is 24.3 Å². The van der Waals surface area contributed by atoms with Crippen molar-refractivity contribution in [1.82, 2.24) is 0 Å². The van der Waals surface area contributed by atoms with Crippen LogP contribution in [0, 0.1) is 0 Å². The first kappa shape index (κ1) is 19.5. The van der Waals surface area contributed by atoms with E-state index in [9.17, 15) is 24.9 Å². The summed E-state index contributed by atoms with van der Waals surface area (Å²) in [5, 5.41) is 30.7. The van der Waals surface area contributed by atoms with Gasteiger partial charge in [0.25, 0.3) is 0 Å². The lowest BCUT2D eigenvalue weighted by Crippen LogP contribution is -2.67. The smallest absolute Gasteiger partial charge is 0.378 e. The van der Waals surface area contributed by atoms with Gasteiger partial charge in [-0.1, -0.05) is 36.4 Å². The van der Waals surface area contributed by atoms with Gasteiger partial charge in [-0.2, -0.15) is 0 Å². The molecule has 1 unspecified atom stereocenters. The molecule has 2 aromatic rings. The summed E-state index contributed by atoms with van der Waals surface area (Å²) in [5.41, 5.74) is 0. The molecule has 0 bridgehead atoms. The molecule has 26 heavy (non-hydrogen) atoms. The molecule has 2 rings (SSSR count). The van der Waals surface area contributed by atoms with Crippen LogP contribution in [0.5, 0.6) is 11.5 Å². The Morgan fingerprint density at radius 3 is 1.65 bits per heavy atom. The first-order valence-corrected chi connectivity index (χ1v) is 7.67. The van der Waals surface area contributed by atoms with Crippen LogP contribution in [-0.4, -0.2) is 45.4 Å². The molecule has 2 aromatic carbocycles. The van der Waals surface area contributed by atoms with Crippen molar-refractivity contribution in [3.63, 3.8) is 0 Å². The molecule has 0 radical (unpaired) electrons. The van der Waals surface area contributed by atoms with Crippen LogP contribution < -0.4 is 9.47 Å². The minimum atomic E-state index is -3.73. The molecule has 0 aliphatic rings. The second kappa shape index (κ2) is 8.07. The highest BCUT2D eigenvalue weighted by Crippen LogP contribution is 2.27. The summed E-state index contributed by atoms with van der Waals surface area (Å²) in [6.45, 7) is 1.04. The van der Waals surface area contributed by atoms with Crippen LogP contribution in [0.4, 0.5) is 0 Å². The highest BCUT2D eigenvalue weighted by Gasteiger charge is 2.64. The van der Waals surface area contributed by atoms with Gasteiger partial charge in [-0.25, -0.2) is 9.59 Å². The van der Waals surface area contributed by atoms with Crippen LogP contribution in [-0.2, 0) is 14.3 Å². The summed E-state index contributed by atoms with van der Waals surface area (Å²) in [6.07, 6.45) is 0. The number of hydrogen-bond acceptors (Lipinski definition) is 8. The Morgan fingerprint density at radius 2 is 1.23 bits per heavy atom. The molecule has 0 aliphatic carbocycles. The average molecular weight is 362 g/mol. The summed E-state index contributed by atoms with van der Waals surface area (Å²) < 4.78 is 14.4. The maximum Gasteiger partial charge on any atom is 0.378 e. The quantitative estimate of drug-likeness (QED) is 0.372. The summed E-state index contributed by atoms with van der Waals surface area (Å²) in [7, 11) is 0. The third-order valence-electron chi connectivity index (χ3n) is 3.29. The van der Waals surface area contributed by atoms with E-state index in [1.807, 2.05) is 0 Å². The van der Waals surface area contributed by atoms with Crippen molar-refractivity contribution in [3.05, 3.63) is 60.7 Å². The molecule has 0 fully saturated rings. The van der Waals surface area contributed by atoms with Crippen molar-refractivity contribution in [2.75, 3.05) is 6.61 Å². The number of aliphatic hydroxyl groups is 3. The third kappa shape index (κ3) is 4.06. The van der Waals surface area contributed by atoms with Crippen LogP contribution >= 0.6 is 0 Å². The molecule has 8 nitrogen and oxygen atoms in total. The molecule has 0 heterocycles. The van der Waals surface area contributed by atoms with Crippen molar-refractivity contribution in [2.45, 2.75) is 18.5 Å². The van der Waals surface area contributed by atoms with E-state index in [0.29, 0.717) is 0 Å². The zero-order valence-electron chi connectivity index (χ0n) is 13.9. The van der Waals surface area contributed by atoms with E-state index in [0.717, 1.165) is 0 Å². The standard InChI is InChI=1S/C18H18O8/c1-2-24-18(23,16(20)26-14-11-7-4-8-12-14)17(21,22)15(19)25-13-9-5-3-6-10-13/h3-12,21-23H,2H2,1H3. The molecule has 0 saturated heterocycles. The van der Waals surface area contributed by atoms with Gasteiger partial charge in [-0.05, 0) is 31.2 Å². The van der Waals surface area contributed by atoms with Crippen LogP contribution in [0.15, 0.2) is 60.7 Å². The third-order valence-corrected chi connectivity index (χ3v) is 3.29. The summed E-state index contributed by atoms with van der Waals surface area (Å²) in [5.74, 6) is -10.5. The predicted octanol–water partition coefficient (Wildman–Crippen LogP) is 0.604. The zero-order valence-corrected chi connectivity index (χ0v) is 13.9. The lowest BCUT2D eigenvalue weighted by Gasteiger charge is -2.34. The Labute approximate surface area is 149 Å². The molecule has 8 heteroatoms. The molecule has 0 aromatic heterocycles. The number of rotatable bonds is 7. The van der Waals surface area contributed by atoms with Gasteiger partial charge >= 0.3 is 23.5 Å². The second-order valence-corrected chi connectivity index (χ2v) is 5.15. The summed E-state index contributed by atoms with van der Waals surface area (Å²) >= 11 is 0. The number of esters is 2. The monoisotopic (exact) mass is 362 g/mol. The number of benzene rings is 2. The van der Waals surface area contributed by atoms with E-state index in [4.69, 9.17) is 14.2 Å². The van der Waals surface area contributed by atoms with Crippen molar-refractivity contribution >= 4 is 11.9 Å². The number of ether oxygens (including phenoxy) is 3. The van der Waals surface area contributed by atoms with Gasteiger partial charge in [0.05, 0.1) is 0 Å². The van der Waals surface area contributed by atoms with Crippen molar-refractivity contribution in [1.29, 1.82) is 0 Å². The minimum absolute atomic E-state index is 0.00264. The number of para-hydroxylation sites is 2. The number of carbonyl (C=O) groups is 2. The van der Waals surface area contributed by atoms with E-state index >= 15 is 0 Å². The van der Waals surface area contributed by atoms with Gasteiger partial charge in [0.15, 0.2) is 0 Å². The molecule has 0 saturated carbocycles. The average Bonchev–Trinajstić information content (AvgIpc) is 2.63. The first-order chi connectivity index (χ1) is 12.3. The molecule has 0 spiro atoms. The van der Waals surface area contributed by atoms with E-state index < -0.39 is 23.5 Å². The Balaban J connectivity index is 2.26. The van der Waals surface area contributed by atoms with Crippen molar-refractivity contribution < 1.29 is 39.1 Å². The Kier molecular flexibility index (Phi) is 6.06. The molecular weight excluding hydrogens is 344 g/mol. The van der Waals surface area contributed by atoms with Crippen LogP contribution in [0.1, 0.15) is 6.92 Å². The lowest BCUT2D eigenvalue weighted by molar-refractivity contribution is -0.344. The molecule has 138 valence electrons. The van der Waals surface area contributed by atoms with Crippen molar-refractivity contribution in [3.8, 4) is 11.5 Å². The molecular formula is C18H18O8. The van der Waals surface area contributed by atoms with E-state index in [-0.39, 0.29) is 18.1 Å². The maximum absolute atomic E-state index is 12.3. The highest BCUT2D eigenvalue weighted by atomic mass is 16.7.